The van der Waals surface area contributed by atoms with Gasteiger partial charge in [-0.05, 0) is 18.9 Å². The molecule has 1 aromatic carbocycles. The summed E-state index contributed by atoms with van der Waals surface area (Å²) in [6, 6.07) is 10.3. The summed E-state index contributed by atoms with van der Waals surface area (Å²) in [4.78, 5) is 0. The zero-order valence-corrected chi connectivity index (χ0v) is 9.11. The molecule has 0 aliphatic heterocycles. The molecule has 15 heavy (non-hydrogen) atoms. The SMILES string of the molecule is C=CCC(C#CC)C=Cc1ccccc1. The zero-order chi connectivity index (χ0) is 10.9. The Kier molecular flexibility index (Phi) is 5.04. The summed E-state index contributed by atoms with van der Waals surface area (Å²) in [5, 5.41) is 0. The van der Waals surface area contributed by atoms with Crippen LogP contribution in [0.25, 0.3) is 6.08 Å². The summed E-state index contributed by atoms with van der Waals surface area (Å²) in [6.07, 6.45) is 7.06. The Bertz CT molecular complexity index is 373. The fourth-order valence-electron chi connectivity index (χ4n) is 1.34. The second-order valence-corrected chi connectivity index (χ2v) is 3.30. The molecule has 0 heterocycles. The van der Waals surface area contributed by atoms with Gasteiger partial charge in [0.1, 0.15) is 0 Å². The molecule has 0 bridgehead atoms. The van der Waals surface area contributed by atoms with Gasteiger partial charge in [0, 0.05) is 5.92 Å². The molecule has 1 rings (SSSR count). The first kappa shape index (κ1) is 11.3. The average molecular weight is 196 g/mol. The summed E-state index contributed by atoms with van der Waals surface area (Å²) in [7, 11) is 0. The number of rotatable bonds is 4. The smallest absolute Gasteiger partial charge is 0.0420 e. The third-order valence-corrected chi connectivity index (χ3v) is 2.07. The summed E-state index contributed by atoms with van der Waals surface area (Å²) in [5.41, 5.74) is 1.21. The maximum Gasteiger partial charge on any atom is 0.0420 e. The van der Waals surface area contributed by atoms with E-state index in [1.807, 2.05) is 31.2 Å². The van der Waals surface area contributed by atoms with Crippen molar-refractivity contribution in [2.45, 2.75) is 13.3 Å². The molecule has 0 fully saturated rings. The van der Waals surface area contributed by atoms with E-state index in [9.17, 15) is 0 Å². The molecular formula is C15H16. The van der Waals surface area contributed by atoms with Crippen LogP contribution in [0.15, 0.2) is 49.1 Å². The van der Waals surface area contributed by atoms with Gasteiger partial charge < -0.3 is 0 Å². The van der Waals surface area contributed by atoms with Gasteiger partial charge in [-0.15, -0.1) is 12.5 Å². The lowest BCUT2D eigenvalue weighted by molar-refractivity contribution is 0.869. The van der Waals surface area contributed by atoms with Crippen molar-refractivity contribution in [2.75, 3.05) is 0 Å². The van der Waals surface area contributed by atoms with Crippen molar-refractivity contribution in [3.8, 4) is 11.8 Å². The van der Waals surface area contributed by atoms with Crippen molar-refractivity contribution >= 4 is 6.08 Å². The van der Waals surface area contributed by atoms with Gasteiger partial charge in [0.25, 0.3) is 0 Å². The van der Waals surface area contributed by atoms with Gasteiger partial charge in [-0.25, -0.2) is 0 Å². The third kappa shape index (κ3) is 4.33. The van der Waals surface area contributed by atoms with Crippen LogP contribution >= 0.6 is 0 Å². The van der Waals surface area contributed by atoms with E-state index < -0.39 is 0 Å². The molecular weight excluding hydrogens is 180 g/mol. The van der Waals surface area contributed by atoms with E-state index in [-0.39, 0.29) is 5.92 Å². The van der Waals surface area contributed by atoms with Crippen molar-refractivity contribution in [3.63, 3.8) is 0 Å². The van der Waals surface area contributed by atoms with Gasteiger partial charge in [-0.3, -0.25) is 0 Å². The molecule has 0 saturated carbocycles. The standard InChI is InChI=1S/C15H16/c1-3-8-14(9-4-2)12-13-15-10-6-5-7-11-15/h3,5-7,10-14H,1,8H2,2H3. The minimum atomic E-state index is 0.285. The van der Waals surface area contributed by atoms with Crippen molar-refractivity contribution in [1.29, 1.82) is 0 Å². The number of hydrogen-bond acceptors (Lipinski definition) is 0. The highest BCUT2D eigenvalue weighted by Crippen LogP contribution is 2.08. The van der Waals surface area contributed by atoms with E-state index in [0.29, 0.717) is 0 Å². The zero-order valence-electron chi connectivity index (χ0n) is 9.11. The van der Waals surface area contributed by atoms with Gasteiger partial charge in [0.05, 0.1) is 0 Å². The number of allylic oxidation sites excluding steroid dienone is 2. The van der Waals surface area contributed by atoms with Crippen molar-refractivity contribution in [3.05, 3.63) is 54.6 Å². The Morgan fingerprint density at radius 2 is 2.07 bits per heavy atom. The summed E-state index contributed by atoms with van der Waals surface area (Å²) in [5.74, 6) is 6.37. The predicted octanol–water partition coefficient (Wildman–Crippen LogP) is 3.92. The van der Waals surface area contributed by atoms with Crippen LogP contribution < -0.4 is 0 Å². The fraction of sp³-hybridized carbons (Fsp3) is 0.200. The van der Waals surface area contributed by atoms with Gasteiger partial charge in [-0.1, -0.05) is 54.5 Å². The molecule has 0 radical (unpaired) electrons. The Morgan fingerprint density at radius 3 is 2.67 bits per heavy atom. The quantitative estimate of drug-likeness (QED) is 0.506. The van der Waals surface area contributed by atoms with Crippen molar-refractivity contribution < 1.29 is 0 Å². The molecule has 0 N–H and O–H groups in total. The normalized spacial score (nSPS) is 11.8. The molecule has 0 saturated heterocycles. The summed E-state index contributed by atoms with van der Waals surface area (Å²) < 4.78 is 0. The van der Waals surface area contributed by atoms with E-state index in [2.05, 4.69) is 42.7 Å². The average Bonchev–Trinajstić information content (AvgIpc) is 2.28. The summed E-state index contributed by atoms with van der Waals surface area (Å²) in [6.45, 7) is 5.60. The molecule has 0 aliphatic rings. The van der Waals surface area contributed by atoms with E-state index >= 15 is 0 Å². The highest BCUT2D eigenvalue weighted by Gasteiger charge is 1.95. The maximum atomic E-state index is 3.74. The molecule has 0 spiro atoms. The van der Waals surface area contributed by atoms with Crippen LogP contribution in [-0.2, 0) is 0 Å². The molecule has 1 atom stereocenters. The largest absolute Gasteiger partial charge is 0.106 e. The Balaban J connectivity index is 2.68. The van der Waals surface area contributed by atoms with Crippen molar-refractivity contribution in [1.82, 2.24) is 0 Å². The molecule has 1 unspecified atom stereocenters. The second-order valence-electron chi connectivity index (χ2n) is 3.30. The minimum absolute atomic E-state index is 0.285. The Hall–Kier alpha value is -1.74. The van der Waals surface area contributed by atoms with Crippen LogP contribution in [0.1, 0.15) is 18.9 Å². The highest BCUT2D eigenvalue weighted by molar-refractivity contribution is 5.49. The van der Waals surface area contributed by atoms with Crippen LogP contribution in [-0.4, -0.2) is 0 Å². The highest BCUT2D eigenvalue weighted by atomic mass is 14.0. The molecule has 0 aromatic heterocycles. The first-order valence-electron chi connectivity index (χ1n) is 5.13. The van der Waals surface area contributed by atoms with Gasteiger partial charge in [0.2, 0.25) is 0 Å². The summed E-state index contributed by atoms with van der Waals surface area (Å²) >= 11 is 0. The molecule has 76 valence electrons. The number of hydrogen-bond donors (Lipinski definition) is 0. The lowest BCUT2D eigenvalue weighted by atomic mass is 10.0. The lowest BCUT2D eigenvalue weighted by Gasteiger charge is -2.00. The lowest BCUT2D eigenvalue weighted by Crippen LogP contribution is -1.89. The fourth-order valence-corrected chi connectivity index (χ4v) is 1.34. The van der Waals surface area contributed by atoms with Gasteiger partial charge in [0.15, 0.2) is 0 Å². The molecule has 0 aliphatic carbocycles. The second kappa shape index (κ2) is 6.68. The van der Waals surface area contributed by atoms with E-state index in [1.165, 1.54) is 5.56 Å². The van der Waals surface area contributed by atoms with Crippen LogP contribution in [0.4, 0.5) is 0 Å². The third-order valence-electron chi connectivity index (χ3n) is 2.07. The van der Waals surface area contributed by atoms with Crippen LogP contribution in [0.5, 0.6) is 0 Å². The van der Waals surface area contributed by atoms with E-state index in [4.69, 9.17) is 0 Å². The number of benzene rings is 1. The van der Waals surface area contributed by atoms with E-state index in [0.717, 1.165) is 6.42 Å². The van der Waals surface area contributed by atoms with Gasteiger partial charge >= 0.3 is 0 Å². The Morgan fingerprint density at radius 1 is 1.33 bits per heavy atom. The van der Waals surface area contributed by atoms with Gasteiger partial charge in [-0.2, -0.15) is 0 Å². The van der Waals surface area contributed by atoms with Crippen LogP contribution in [0.2, 0.25) is 0 Å². The molecule has 0 amide bonds. The minimum Gasteiger partial charge on any atom is -0.106 e. The first-order chi connectivity index (χ1) is 7.36. The van der Waals surface area contributed by atoms with Crippen LogP contribution in [0, 0.1) is 17.8 Å². The predicted molar refractivity (Wildman–Crippen MR) is 67.2 cm³/mol. The van der Waals surface area contributed by atoms with E-state index in [1.54, 1.807) is 0 Å². The molecule has 0 heteroatoms. The van der Waals surface area contributed by atoms with Crippen LogP contribution in [0.3, 0.4) is 0 Å². The first-order valence-corrected chi connectivity index (χ1v) is 5.13. The molecule has 0 nitrogen and oxygen atoms in total. The molecule has 1 aromatic rings. The monoisotopic (exact) mass is 196 g/mol. The topological polar surface area (TPSA) is 0 Å². The van der Waals surface area contributed by atoms with Crippen molar-refractivity contribution in [2.24, 2.45) is 5.92 Å². The Labute approximate surface area is 92.3 Å². The maximum absolute atomic E-state index is 3.74.